The number of rotatable bonds is 4. The molecule has 3 aromatic carbocycles. The standard InChI is InChI=1S/C22H17F3N2OS.BrH/c23-22(24,25)18-6-3-7-19(13-18)26-21-27(10-11-28)20(14-29-21)17-9-8-15-4-1-2-5-16(15)12-17;/h1-9,12-14,28H,10-11H2;1H. The second kappa shape index (κ2) is 9.16. The Kier molecular flexibility index (Phi) is 6.80. The number of halogens is 4. The van der Waals surface area contributed by atoms with Gasteiger partial charge in [-0.25, -0.2) is 4.99 Å². The monoisotopic (exact) mass is 494 g/mol. The van der Waals surface area contributed by atoms with Gasteiger partial charge in [0.15, 0.2) is 4.80 Å². The lowest BCUT2D eigenvalue weighted by atomic mass is 10.1. The second-order valence-corrected chi connectivity index (χ2v) is 7.34. The molecule has 0 saturated carbocycles. The molecule has 8 heteroatoms. The van der Waals surface area contributed by atoms with Crippen molar-refractivity contribution in [1.29, 1.82) is 0 Å². The highest BCUT2D eigenvalue weighted by Crippen LogP contribution is 2.31. The zero-order chi connectivity index (χ0) is 20.4. The van der Waals surface area contributed by atoms with Gasteiger partial charge in [-0.3, -0.25) is 0 Å². The van der Waals surface area contributed by atoms with Gasteiger partial charge >= 0.3 is 6.18 Å². The fourth-order valence-electron chi connectivity index (χ4n) is 3.18. The summed E-state index contributed by atoms with van der Waals surface area (Å²) in [6.07, 6.45) is -4.42. The van der Waals surface area contributed by atoms with Crippen LogP contribution in [0.5, 0.6) is 0 Å². The van der Waals surface area contributed by atoms with Gasteiger partial charge in [0.2, 0.25) is 0 Å². The predicted octanol–water partition coefficient (Wildman–Crippen LogP) is 6.19. The highest BCUT2D eigenvalue weighted by atomic mass is 79.9. The molecule has 0 aliphatic carbocycles. The summed E-state index contributed by atoms with van der Waals surface area (Å²) in [5.74, 6) is 0. The first kappa shape index (κ1) is 22.3. The molecule has 0 spiro atoms. The van der Waals surface area contributed by atoms with Crippen molar-refractivity contribution in [2.75, 3.05) is 6.61 Å². The summed E-state index contributed by atoms with van der Waals surface area (Å²) >= 11 is 1.33. The number of hydrogen-bond acceptors (Lipinski definition) is 3. The van der Waals surface area contributed by atoms with E-state index in [4.69, 9.17) is 0 Å². The van der Waals surface area contributed by atoms with Crippen molar-refractivity contribution in [2.45, 2.75) is 12.7 Å². The third-order valence-corrected chi connectivity index (χ3v) is 5.43. The third-order valence-electron chi connectivity index (χ3n) is 4.56. The van der Waals surface area contributed by atoms with Crippen molar-refractivity contribution < 1.29 is 18.3 Å². The van der Waals surface area contributed by atoms with Gasteiger partial charge in [0.05, 0.1) is 23.6 Å². The van der Waals surface area contributed by atoms with Gasteiger partial charge in [0.1, 0.15) is 0 Å². The number of fused-ring (bicyclic) bond motifs is 1. The van der Waals surface area contributed by atoms with Gasteiger partial charge in [0, 0.05) is 11.9 Å². The lowest BCUT2D eigenvalue weighted by Crippen LogP contribution is -2.18. The molecule has 0 fully saturated rings. The number of benzene rings is 3. The number of alkyl halides is 3. The second-order valence-electron chi connectivity index (χ2n) is 6.50. The molecule has 0 bridgehead atoms. The summed E-state index contributed by atoms with van der Waals surface area (Å²) in [6.45, 7) is 0.191. The Balaban J connectivity index is 0.00000256. The van der Waals surface area contributed by atoms with Crippen LogP contribution >= 0.6 is 28.3 Å². The van der Waals surface area contributed by atoms with Crippen molar-refractivity contribution in [3.05, 3.63) is 82.5 Å². The molecular formula is C22H18BrF3N2OS. The number of aromatic nitrogens is 1. The number of nitrogens with zero attached hydrogens (tertiary/aromatic N) is 2. The Hall–Kier alpha value is -2.42. The topological polar surface area (TPSA) is 37.5 Å². The fourth-order valence-corrected chi connectivity index (χ4v) is 4.13. The van der Waals surface area contributed by atoms with Crippen molar-refractivity contribution in [3.63, 3.8) is 0 Å². The van der Waals surface area contributed by atoms with Crippen LogP contribution in [-0.2, 0) is 12.7 Å². The SMILES string of the molecule is Br.OCCn1c(-c2ccc3ccccc3c2)csc1=Nc1cccc(C(F)(F)F)c1. The zero-order valence-electron chi connectivity index (χ0n) is 15.6. The van der Waals surface area contributed by atoms with E-state index < -0.39 is 11.7 Å². The van der Waals surface area contributed by atoms with Gasteiger partial charge in [-0.2, -0.15) is 13.2 Å². The minimum absolute atomic E-state index is 0. The molecule has 4 aromatic rings. The van der Waals surface area contributed by atoms with Crippen LogP contribution in [0.1, 0.15) is 5.56 Å². The maximum Gasteiger partial charge on any atom is 0.416 e. The van der Waals surface area contributed by atoms with E-state index in [-0.39, 0.29) is 29.3 Å². The predicted molar refractivity (Wildman–Crippen MR) is 119 cm³/mol. The average molecular weight is 495 g/mol. The third kappa shape index (κ3) is 4.66. The summed E-state index contributed by atoms with van der Waals surface area (Å²) in [6, 6.07) is 19.0. The number of aliphatic hydroxyl groups excluding tert-OH is 1. The van der Waals surface area contributed by atoms with Crippen molar-refractivity contribution >= 4 is 44.8 Å². The summed E-state index contributed by atoms with van der Waals surface area (Å²) in [7, 11) is 0. The fraction of sp³-hybridized carbons (Fsp3) is 0.136. The van der Waals surface area contributed by atoms with E-state index in [1.165, 1.54) is 23.5 Å². The van der Waals surface area contributed by atoms with Gasteiger partial charge in [-0.15, -0.1) is 28.3 Å². The Morgan fingerprint density at radius 3 is 2.43 bits per heavy atom. The largest absolute Gasteiger partial charge is 0.416 e. The molecule has 4 rings (SSSR count). The molecule has 0 amide bonds. The van der Waals surface area contributed by atoms with Crippen LogP contribution in [0.2, 0.25) is 0 Å². The van der Waals surface area contributed by atoms with Crippen LogP contribution < -0.4 is 4.80 Å². The lowest BCUT2D eigenvalue weighted by Gasteiger charge is -2.09. The maximum atomic E-state index is 13.0. The Labute approximate surface area is 185 Å². The molecule has 0 atom stereocenters. The van der Waals surface area contributed by atoms with Crippen LogP contribution in [0.4, 0.5) is 18.9 Å². The first-order chi connectivity index (χ1) is 14.0. The van der Waals surface area contributed by atoms with E-state index in [0.717, 1.165) is 34.2 Å². The summed E-state index contributed by atoms with van der Waals surface area (Å²) in [5, 5.41) is 13.6. The van der Waals surface area contributed by atoms with E-state index >= 15 is 0 Å². The first-order valence-corrected chi connectivity index (χ1v) is 9.84. The van der Waals surface area contributed by atoms with Crippen LogP contribution in [0.15, 0.2) is 77.1 Å². The highest BCUT2D eigenvalue weighted by Gasteiger charge is 2.30. The molecule has 0 saturated heterocycles. The smallest absolute Gasteiger partial charge is 0.395 e. The highest BCUT2D eigenvalue weighted by molar-refractivity contribution is 8.93. The van der Waals surface area contributed by atoms with Crippen LogP contribution in [0.25, 0.3) is 22.0 Å². The molecule has 1 N–H and O–H groups in total. The lowest BCUT2D eigenvalue weighted by molar-refractivity contribution is -0.137. The molecule has 0 aliphatic heterocycles. The first-order valence-electron chi connectivity index (χ1n) is 8.96. The van der Waals surface area contributed by atoms with Crippen molar-refractivity contribution in [2.24, 2.45) is 4.99 Å². The van der Waals surface area contributed by atoms with Gasteiger partial charge < -0.3 is 9.67 Å². The molecule has 3 nitrogen and oxygen atoms in total. The Morgan fingerprint density at radius 2 is 1.70 bits per heavy atom. The van der Waals surface area contributed by atoms with Crippen LogP contribution in [-0.4, -0.2) is 16.3 Å². The molecule has 0 radical (unpaired) electrons. The molecule has 156 valence electrons. The molecule has 0 aliphatic rings. The normalized spacial score (nSPS) is 12.2. The van der Waals surface area contributed by atoms with Crippen molar-refractivity contribution in [3.8, 4) is 11.3 Å². The summed E-state index contributed by atoms with van der Waals surface area (Å²) in [4.78, 5) is 4.94. The summed E-state index contributed by atoms with van der Waals surface area (Å²) in [5.41, 5.74) is 1.30. The van der Waals surface area contributed by atoms with Gasteiger partial charge in [-0.1, -0.05) is 42.5 Å². The Morgan fingerprint density at radius 1 is 0.933 bits per heavy atom. The minimum Gasteiger partial charge on any atom is -0.395 e. The van der Waals surface area contributed by atoms with Crippen molar-refractivity contribution in [1.82, 2.24) is 4.57 Å². The number of hydrogen-bond donors (Lipinski definition) is 1. The summed E-state index contributed by atoms with van der Waals surface area (Å²) < 4.78 is 40.8. The van der Waals surface area contributed by atoms with E-state index in [1.54, 1.807) is 0 Å². The van der Waals surface area contributed by atoms with Gasteiger partial charge in [-0.05, 0) is 40.6 Å². The maximum absolute atomic E-state index is 13.0. The Bertz CT molecular complexity index is 1230. The van der Waals surface area contributed by atoms with Crippen LogP contribution in [0.3, 0.4) is 0 Å². The number of aliphatic hydroxyl groups is 1. The van der Waals surface area contributed by atoms with Crippen LogP contribution in [0, 0.1) is 0 Å². The molecule has 1 heterocycles. The van der Waals surface area contributed by atoms with E-state index in [9.17, 15) is 18.3 Å². The molecule has 30 heavy (non-hydrogen) atoms. The zero-order valence-corrected chi connectivity index (χ0v) is 18.2. The minimum atomic E-state index is -4.42. The molecule has 0 unspecified atom stereocenters. The van der Waals surface area contributed by atoms with E-state index in [2.05, 4.69) is 11.1 Å². The average Bonchev–Trinajstić information content (AvgIpc) is 3.10. The van der Waals surface area contributed by atoms with Gasteiger partial charge in [0.25, 0.3) is 0 Å². The quantitative estimate of drug-likeness (QED) is 0.360. The van der Waals surface area contributed by atoms with E-state index in [1.807, 2.05) is 46.3 Å². The molecule has 1 aromatic heterocycles. The number of thiazole rings is 1. The van der Waals surface area contributed by atoms with E-state index in [0.29, 0.717) is 11.3 Å². The molecular weight excluding hydrogens is 477 g/mol.